The minimum atomic E-state index is -0.514. The van der Waals surface area contributed by atoms with Crippen molar-refractivity contribution in [2.75, 3.05) is 11.9 Å². The van der Waals surface area contributed by atoms with E-state index in [1.165, 1.54) is 16.7 Å². The van der Waals surface area contributed by atoms with Crippen LogP contribution in [-0.4, -0.2) is 28.5 Å². The van der Waals surface area contributed by atoms with Gasteiger partial charge in [0, 0.05) is 10.3 Å². The predicted octanol–water partition coefficient (Wildman–Crippen LogP) is 2.90. The van der Waals surface area contributed by atoms with E-state index in [1.807, 2.05) is 13.8 Å². The summed E-state index contributed by atoms with van der Waals surface area (Å²) < 4.78 is 4.84. The lowest BCUT2D eigenvalue weighted by Crippen LogP contribution is -2.13. The molecule has 0 atom stereocenters. The van der Waals surface area contributed by atoms with Crippen molar-refractivity contribution in [1.82, 2.24) is 9.97 Å². The van der Waals surface area contributed by atoms with Crippen LogP contribution >= 0.6 is 22.7 Å². The Morgan fingerprint density at radius 2 is 2.10 bits per heavy atom. The Labute approximate surface area is 130 Å². The smallest absolute Gasteiger partial charge is 0.367 e. The third-order valence-corrected chi connectivity index (χ3v) is 4.39. The molecular weight excluding hydrogens is 310 g/mol. The SMILES string of the molecule is CCOC(=O)c1nc(C(=O)Nc2nc(CC)c(C)s2)cs1. The number of aryl methyl sites for hydroxylation is 2. The Balaban J connectivity index is 2.08. The lowest BCUT2D eigenvalue weighted by Gasteiger charge is -1.98. The molecular formula is C13H15N3O3S2. The topological polar surface area (TPSA) is 81.2 Å². The van der Waals surface area contributed by atoms with Crippen molar-refractivity contribution in [3.8, 4) is 0 Å². The molecule has 0 aliphatic rings. The number of ether oxygens (including phenoxy) is 1. The first-order chi connectivity index (χ1) is 10.0. The van der Waals surface area contributed by atoms with Gasteiger partial charge in [0.1, 0.15) is 5.69 Å². The zero-order valence-corrected chi connectivity index (χ0v) is 13.6. The molecule has 2 rings (SSSR count). The Morgan fingerprint density at radius 1 is 1.33 bits per heavy atom. The van der Waals surface area contributed by atoms with Crippen LogP contribution in [0.25, 0.3) is 0 Å². The average molecular weight is 325 g/mol. The van der Waals surface area contributed by atoms with E-state index in [0.29, 0.717) is 5.13 Å². The first kappa shape index (κ1) is 15.6. The standard InChI is InChI=1S/C13H15N3O3S2/c1-4-8-7(3)21-13(15-8)16-10(17)9-6-20-11(14-9)12(18)19-5-2/h6H,4-5H2,1-3H3,(H,15,16,17). The number of carbonyl (C=O) groups excluding carboxylic acids is 2. The molecule has 0 fully saturated rings. The number of rotatable bonds is 5. The first-order valence-corrected chi connectivity index (χ1v) is 8.15. The van der Waals surface area contributed by atoms with Crippen LogP contribution in [0.15, 0.2) is 5.38 Å². The van der Waals surface area contributed by atoms with Crippen molar-refractivity contribution in [1.29, 1.82) is 0 Å². The molecule has 0 aromatic carbocycles. The molecule has 2 aromatic heterocycles. The van der Waals surface area contributed by atoms with Gasteiger partial charge in [-0.15, -0.1) is 22.7 Å². The first-order valence-electron chi connectivity index (χ1n) is 6.45. The lowest BCUT2D eigenvalue weighted by atomic mass is 10.3. The van der Waals surface area contributed by atoms with Crippen LogP contribution in [0.5, 0.6) is 0 Å². The number of nitrogens with one attached hydrogen (secondary N) is 1. The van der Waals surface area contributed by atoms with Crippen LogP contribution in [0, 0.1) is 6.92 Å². The Morgan fingerprint density at radius 3 is 2.71 bits per heavy atom. The number of carbonyl (C=O) groups is 2. The summed E-state index contributed by atoms with van der Waals surface area (Å²) in [6, 6.07) is 0. The van der Waals surface area contributed by atoms with E-state index in [1.54, 1.807) is 6.92 Å². The van der Waals surface area contributed by atoms with E-state index in [4.69, 9.17) is 4.74 Å². The van der Waals surface area contributed by atoms with Gasteiger partial charge in [0.2, 0.25) is 5.01 Å². The fourth-order valence-electron chi connectivity index (χ4n) is 1.64. The second-order valence-corrected chi connectivity index (χ2v) is 6.15. The molecule has 21 heavy (non-hydrogen) atoms. The molecule has 1 N–H and O–H groups in total. The van der Waals surface area contributed by atoms with Gasteiger partial charge >= 0.3 is 5.97 Å². The van der Waals surface area contributed by atoms with Gasteiger partial charge in [-0.05, 0) is 20.3 Å². The summed E-state index contributed by atoms with van der Waals surface area (Å²) in [5.74, 6) is -0.891. The van der Waals surface area contributed by atoms with E-state index >= 15 is 0 Å². The van der Waals surface area contributed by atoms with Crippen molar-refractivity contribution >= 4 is 39.7 Å². The minimum Gasteiger partial charge on any atom is -0.461 e. The number of nitrogens with zero attached hydrogens (tertiary/aromatic N) is 2. The van der Waals surface area contributed by atoms with Crippen LogP contribution in [0.1, 0.15) is 44.7 Å². The predicted molar refractivity (Wildman–Crippen MR) is 82.3 cm³/mol. The summed E-state index contributed by atoms with van der Waals surface area (Å²) in [7, 11) is 0. The van der Waals surface area contributed by atoms with Gasteiger partial charge in [0.05, 0.1) is 12.3 Å². The summed E-state index contributed by atoms with van der Waals surface area (Å²) >= 11 is 2.51. The molecule has 6 nitrogen and oxygen atoms in total. The van der Waals surface area contributed by atoms with E-state index in [0.717, 1.165) is 28.3 Å². The maximum absolute atomic E-state index is 12.1. The molecule has 0 aliphatic carbocycles. The molecule has 8 heteroatoms. The summed E-state index contributed by atoms with van der Waals surface area (Å²) in [5.41, 5.74) is 1.16. The van der Waals surface area contributed by atoms with Crippen molar-refractivity contribution < 1.29 is 14.3 Å². The van der Waals surface area contributed by atoms with Crippen LogP contribution in [0.4, 0.5) is 5.13 Å². The molecule has 0 unspecified atom stereocenters. The van der Waals surface area contributed by atoms with Crippen molar-refractivity contribution in [2.45, 2.75) is 27.2 Å². The summed E-state index contributed by atoms with van der Waals surface area (Å²) in [5, 5.41) is 4.94. The van der Waals surface area contributed by atoms with Crippen LogP contribution < -0.4 is 5.32 Å². The molecule has 112 valence electrons. The summed E-state index contributed by atoms with van der Waals surface area (Å²) in [6.45, 7) is 5.97. The summed E-state index contributed by atoms with van der Waals surface area (Å²) in [6.07, 6.45) is 0.821. The Kier molecular flexibility index (Phi) is 5.03. The van der Waals surface area contributed by atoms with Crippen LogP contribution in [-0.2, 0) is 11.2 Å². The van der Waals surface area contributed by atoms with E-state index in [9.17, 15) is 9.59 Å². The zero-order valence-electron chi connectivity index (χ0n) is 11.9. The molecule has 2 aromatic rings. The van der Waals surface area contributed by atoms with Gasteiger partial charge in [0.25, 0.3) is 5.91 Å². The van der Waals surface area contributed by atoms with Crippen LogP contribution in [0.3, 0.4) is 0 Å². The highest BCUT2D eigenvalue weighted by molar-refractivity contribution is 7.15. The highest BCUT2D eigenvalue weighted by Gasteiger charge is 2.17. The fraction of sp³-hybridized carbons (Fsp3) is 0.385. The molecule has 0 saturated carbocycles. The van der Waals surface area contributed by atoms with E-state index in [-0.39, 0.29) is 23.2 Å². The monoisotopic (exact) mass is 325 g/mol. The number of aromatic nitrogens is 2. The van der Waals surface area contributed by atoms with Crippen molar-refractivity contribution in [3.05, 3.63) is 26.7 Å². The molecule has 0 bridgehead atoms. The van der Waals surface area contributed by atoms with Gasteiger partial charge in [-0.25, -0.2) is 14.8 Å². The number of hydrogen-bond acceptors (Lipinski definition) is 7. The normalized spacial score (nSPS) is 10.4. The maximum atomic E-state index is 12.1. The number of amides is 1. The number of esters is 1. The molecule has 0 aliphatic heterocycles. The van der Waals surface area contributed by atoms with Gasteiger partial charge in [0.15, 0.2) is 5.13 Å². The second-order valence-electron chi connectivity index (χ2n) is 4.09. The van der Waals surface area contributed by atoms with E-state index in [2.05, 4.69) is 15.3 Å². The molecule has 0 saturated heterocycles. The number of thiazole rings is 2. The van der Waals surface area contributed by atoms with Gasteiger partial charge in [-0.2, -0.15) is 0 Å². The molecule has 0 spiro atoms. The highest BCUT2D eigenvalue weighted by atomic mass is 32.1. The molecule has 1 amide bonds. The zero-order chi connectivity index (χ0) is 15.4. The summed E-state index contributed by atoms with van der Waals surface area (Å²) in [4.78, 5) is 33.0. The van der Waals surface area contributed by atoms with Crippen LogP contribution in [0.2, 0.25) is 0 Å². The fourth-order valence-corrected chi connectivity index (χ4v) is 3.22. The Hall–Kier alpha value is -1.80. The maximum Gasteiger partial charge on any atom is 0.367 e. The third-order valence-electron chi connectivity index (χ3n) is 2.63. The number of hydrogen-bond donors (Lipinski definition) is 1. The van der Waals surface area contributed by atoms with Gasteiger partial charge in [-0.3, -0.25) is 10.1 Å². The quantitative estimate of drug-likeness (QED) is 0.855. The van der Waals surface area contributed by atoms with Gasteiger partial charge in [-0.1, -0.05) is 6.92 Å². The average Bonchev–Trinajstić information content (AvgIpc) is 3.05. The lowest BCUT2D eigenvalue weighted by molar-refractivity contribution is 0.0526. The van der Waals surface area contributed by atoms with Crippen molar-refractivity contribution in [2.24, 2.45) is 0 Å². The Bertz CT molecular complexity index is 663. The van der Waals surface area contributed by atoms with Crippen molar-refractivity contribution in [3.63, 3.8) is 0 Å². The number of anilines is 1. The molecule has 0 radical (unpaired) electrons. The van der Waals surface area contributed by atoms with E-state index < -0.39 is 5.97 Å². The van der Waals surface area contributed by atoms with Gasteiger partial charge < -0.3 is 4.74 Å². The second kappa shape index (κ2) is 6.77. The minimum absolute atomic E-state index is 0.173. The highest BCUT2D eigenvalue weighted by Crippen LogP contribution is 2.23. The largest absolute Gasteiger partial charge is 0.461 e. The molecule has 2 heterocycles. The third kappa shape index (κ3) is 3.64.